The minimum Gasteiger partial charge on any atom is -0.324 e. The number of fused-ring (bicyclic) bond motifs is 1. The van der Waals surface area contributed by atoms with Gasteiger partial charge in [0.05, 0.1) is 22.8 Å². The van der Waals surface area contributed by atoms with Crippen LogP contribution in [0, 0.1) is 19.8 Å². The van der Waals surface area contributed by atoms with E-state index >= 15 is 0 Å². The van der Waals surface area contributed by atoms with Gasteiger partial charge >= 0.3 is 0 Å². The number of nitrogens with zero attached hydrogens (tertiary/aromatic N) is 4. The number of benzene rings is 1. The van der Waals surface area contributed by atoms with Crippen LogP contribution in [0.1, 0.15) is 44.5 Å². The number of aromatic nitrogens is 2. The fraction of sp³-hybridized carbons (Fsp3) is 0.522. The molecule has 33 heavy (non-hydrogen) atoms. The van der Waals surface area contributed by atoms with E-state index in [9.17, 15) is 18.0 Å². The Morgan fingerprint density at radius 1 is 1.15 bits per heavy atom. The molecular formula is C23H31N5O4S. The van der Waals surface area contributed by atoms with Crippen molar-refractivity contribution in [2.24, 2.45) is 5.92 Å². The van der Waals surface area contributed by atoms with Crippen LogP contribution >= 0.6 is 0 Å². The maximum atomic E-state index is 13.4. The van der Waals surface area contributed by atoms with Gasteiger partial charge in [-0.3, -0.25) is 14.3 Å². The molecule has 0 aliphatic carbocycles. The van der Waals surface area contributed by atoms with Crippen LogP contribution < -0.4 is 10.2 Å². The third kappa shape index (κ3) is 4.41. The molecule has 4 rings (SSSR count). The fourth-order valence-corrected chi connectivity index (χ4v) is 6.58. The van der Waals surface area contributed by atoms with Gasteiger partial charge in [0.1, 0.15) is 11.4 Å². The van der Waals surface area contributed by atoms with Crippen molar-refractivity contribution in [3.63, 3.8) is 0 Å². The summed E-state index contributed by atoms with van der Waals surface area (Å²) in [7, 11) is -3.69. The monoisotopic (exact) mass is 473 g/mol. The third-order valence-electron chi connectivity index (χ3n) is 6.57. The molecule has 9 nitrogen and oxygen atoms in total. The van der Waals surface area contributed by atoms with E-state index in [0.717, 1.165) is 12.8 Å². The predicted molar refractivity (Wildman–Crippen MR) is 125 cm³/mol. The van der Waals surface area contributed by atoms with Gasteiger partial charge in [-0.15, -0.1) is 0 Å². The summed E-state index contributed by atoms with van der Waals surface area (Å²) < 4.78 is 29.7. The van der Waals surface area contributed by atoms with Crippen LogP contribution in [0.3, 0.4) is 0 Å². The number of hydrogen-bond acceptors (Lipinski definition) is 5. The molecule has 0 unspecified atom stereocenters. The second-order valence-electron chi connectivity index (χ2n) is 9.13. The Morgan fingerprint density at radius 3 is 2.52 bits per heavy atom. The summed E-state index contributed by atoms with van der Waals surface area (Å²) in [5.74, 6) is 0.104. The number of para-hydroxylation sites is 2. The molecule has 3 heterocycles. The van der Waals surface area contributed by atoms with Crippen molar-refractivity contribution in [1.29, 1.82) is 0 Å². The summed E-state index contributed by atoms with van der Waals surface area (Å²) in [5, 5.41) is 7.27. The molecule has 2 aromatic rings. The van der Waals surface area contributed by atoms with Gasteiger partial charge in [0, 0.05) is 25.6 Å². The summed E-state index contributed by atoms with van der Waals surface area (Å²) >= 11 is 0. The van der Waals surface area contributed by atoms with Gasteiger partial charge in [0.15, 0.2) is 0 Å². The van der Waals surface area contributed by atoms with Crippen LogP contribution in [0.5, 0.6) is 0 Å². The maximum absolute atomic E-state index is 13.4. The van der Waals surface area contributed by atoms with E-state index in [1.165, 1.54) is 8.99 Å². The van der Waals surface area contributed by atoms with Crippen molar-refractivity contribution in [2.75, 3.05) is 23.3 Å². The first kappa shape index (κ1) is 23.4. The number of nitrogens with one attached hydrogen (secondary N) is 1. The van der Waals surface area contributed by atoms with Crippen molar-refractivity contribution in [2.45, 2.75) is 64.4 Å². The number of piperidine rings is 1. The fourth-order valence-electron chi connectivity index (χ4n) is 4.73. The van der Waals surface area contributed by atoms with Crippen LogP contribution in [0.2, 0.25) is 0 Å². The van der Waals surface area contributed by atoms with Crippen LogP contribution in [0.4, 0.5) is 11.4 Å². The number of carbonyl (C=O) groups excluding carboxylic acids is 2. The van der Waals surface area contributed by atoms with E-state index in [2.05, 4.69) is 17.3 Å². The Kier molecular flexibility index (Phi) is 6.32. The summed E-state index contributed by atoms with van der Waals surface area (Å²) in [6.45, 7) is 8.19. The second-order valence-corrected chi connectivity index (χ2v) is 11.0. The van der Waals surface area contributed by atoms with Gasteiger partial charge < -0.3 is 10.2 Å². The molecule has 0 saturated carbocycles. The van der Waals surface area contributed by atoms with Crippen LogP contribution in [-0.2, 0) is 26.2 Å². The molecule has 2 aliphatic heterocycles. The molecule has 0 spiro atoms. The minimum absolute atomic E-state index is 0.119. The van der Waals surface area contributed by atoms with E-state index in [0.29, 0.717) is 41.8 Å². The largest absolute Gasteiger partial charge is 0.324 e. The van der Waals surface area contributed by atoms with Gasteiger partial charge in [-0.05, 0) is 51.7 Å². The molecule has 0 radical (unpaired) electrons. The highest BCUT2D eigenvalue weighted by Gasteiger charge is 2.34. The number of amides is 2. The van der Waals surface area contributed by atoms with Gasteiger partial charge in [0.25, 0.3) is 0 Å². The lowest BCUT2D eigenvalue weighted by Crippen LogP contribution is -2.41. The third-order valence-corrected chi connectivity index (χ3v) is 8.72. The first-order valence-electron chi connectivity index (χ1n) is 11.3. The Hall–Kier alpha value is -2.72. The molecule has 1 aromatic carbocycles. The molecule has 2 aliphatic rings. The number of hydrogen-bond donors (Lipinski definition) is 1. The predicted octanol–water partition coefficient (Wildman–Crippen LogP) is 2.68. The highest BCUT2D eigenvalue weighted by atomic mass is 32.2. The van der Waals surface area contributed by atoms with Crippen molar-refractivity contribution < 1.29 is 18.0 Å². The van der Waals surface area contributed by atoms with Crippen molar-refractivity contribution in [3.05, 3.63) is 35.7 Å². The number of rotatable bonds is 4. The molecule has 1 saturated heterocycles. The maximum Gasteiger partial charge on any atom is 0.249 e. The second kappa shape index (κ2) is 8.90. The zero-order valence-corrected chi connectivity index (χ0v) is 20.4. The highest BCUT2D eigenvalue weighted by Crippen LogP contribution is 2.32. The average molecular weight is 474 g/mol. The van der Waals surface area contributed by atoms with E-state index < -0.39 is 10.0 Å². The average Bonchev–Trinajstić information content (AvgIpc) is 2.94. The number of carbonyl (C=O) groups is 2. The van der Waals surface area contributed by atoms with Crippen LogP contribution in [0.15, 0.2) is 29.2 Å². The Bertz CT molecular complexity index is 1180. The summed E-state index contributed by atoms with van der Waals surface area (Å²) in [4.78, 5) is 27.4. The van der Waals surface area contributed by atoms with Crippen molar-refractivity contribution in [3.8, 4) is 0 Å². The van der Waals surface area contributed by atoms with Crippen molar-refractivity contribution in [1.82, 2.24) is 14.1 Å². The number of anilines is 2. The molecule has 1 N–H and O–H groups in total. The quantitative estimate of drug-likeness (QED) is 0.735. The molecule has 1 fully saturated rings. The molecule has 178 valence electrons. The smallest absolute Gasteiger partial charge is 0.249 e. The zero-order chi connectivity index (χ0) is 23.9. The molecule has 0 bridgehead atoms. The summed E-state index contributed by atoms with van der Waals surface area (Å²) in [5.41, 5.74) is 2.04. The standard InChI is InChI=1S/C23H31N5O4S/c1-15-9-11-26(12-10-15)33(31,32)23-17(3)25-27(18(23)4)14-22(30)28-16(2)13-21(29)24-19-7-5-6-8-20(19)28/h5-8,15-16H,9-14H2,1-4H3,(H,24,29)/t16-/m1/s1. The Balaban J connectivity index is 1.63. The molecule has 10 heteroatoms. The highest BCUT2D eigenvalue weighted by molar-refractivity contribution is 7.89. The van der Waals surface area contributed by atoms with Crippen LogP contribution in [-0.4, -0.2) is 53.4 Å². The van der Waals surface area contributed by atoms with Gasteiger partial charge in [-0.1, -0.05) is 19.1 Å². The number of aryl methyl sites for hydroxylation is 1. The molecular weight excluding hydrogens is 442 g/mol. The lowest BCUT2D eigenvalue weighted by molar-refractivity contribution is -0.120. The minimum atomic E-state index is -3.69. The zero-order valence-electron chi connectivity index (χ0n) is 19.5. The van der Waals surface area contributed by atoms with E-state index in [1.807, 2.05) is 13.0 Å². The lowest BCUT2D eigenvalue weighted by Gasteiger charge is -2.29. The van der Waals surface area contributed by atoms with E-state index in [1.54, 1.807) is 36.9 Å². The summed E-state index contributed by atoms with van der Waals surface area (Å²) in [6, 6.07) is 6.83. The van der Waals surface area contributed by atoms with E-state index in [-0.39, 0.29) is 35.7 Å². The number of sulfonamides is 1. The Morgan fingerprint density at radius 2 is 1.82 bits per heavy atom. The van der Waals surface area contributed by atoms with Gasteiger partial charge in [0.2, 0.25) is 21.8 Å². The SMILES string of the molecule is Cc1nn(CC(=O)N2c3ccccc3NC(=O)C[C@H]2C)c(C)c1S(=O)(=O)N1CCC(C)CC1. The Labute approximate surface area is 194 Å². The first-order chi connectivity index (χ1) is 15.6. The normalized spacial score (nSPS) is 20.3. The molecule has 2 amide bonds. The molecule has 1 aromatic heterocycles. The van der Waals surface area contributed by atoms with E-state index in [4.69, 9.17) is 0 Å². The first-order valence-corrected chi connectivity index (χ1v) is 12.8. The van der Waals surface area contributed by atoms with Gasteiger partial charge in [-0.2, -0.15) is 9.40 Å². The van der Waals surface area contributed by atoms with Gasteiger partial charge in [-0.25, -0.2) is 8.42 Å². The lowest BCUT2D eigenvalue weighted by atomic mass is 10.0. The topological polar surface area (TPSA) is 105 Å². The van der Waals surface area contributed by atoms with Crippen LogP contribution in [0.25, 0.3) is 0 Å². The molecule has 1 atom stereocenters. The summed E-state index contributed by atoms with van der Waals surface area (Å²) in [6.07, 6.45) is 1.84. The van der Waals surface area contributed by atoms with Crippen molar-refractivity contribution >= 4 is 33.2 Å².